The van der Waals surface area contributed by atoms with Gasteiger partial charge in [-0.1, -0.05) is 171 Å². The molecule has 0 N–H and O–H groups in total. The number of anilines is 6. The number of hydrogen-bond acceptors (Lipinski definition) is 4. The van der Waals surface area contributed by atoms with Crippen LogP contribution < -0.4 is 9.80 Å². The molecule has 0 aliphatic rings. The summed E-state index contributed by atoms with van der Waals surface area (Å²) in [6.45, 7) is 36.9. The van der Waals surface area contributed by atoms with Crippen molar-refractivity contribution in [2.45, 2.75) is 158 Å². The van der Waals surface area contributed by atoms with Gasteiger partial charge in [-0.15, -0.1) is 0 Å². The summed E-state index contributed by atoms with van der Waals surface area (Å²) in [6, 6.07) is 55.9. The van der Waals surface area contributed by atoms with Crippen LogP contribution in [0.2, 0.25) is 0 Å². The highest BCUT2D eigenvalue weighted by Gasteiger charge is 2.27. The van der Waals surface area contributed by atoms with Gasteiger partial charge in [-0.05, 0) is 198 Å². The second-order valence-electron chi connectivity index (χ2n) is 25.0. The standard InChI is InChI=1S/C74H80N2O2/c1-41(2)49-19-27-67(61(33-49)45(9)10)75(68-28-20-50(42(3)4)34-62(68)46(11)12)57-23-17-53-37-65-59-25-26-60-66-38-54-18-24-58(32-56(54)40-72(66)78-74(60)73(59)77-71(65)39-55(53)31-57)76(69-29-21-51(43(5)6)35-63(69)47(13)14)70-30-22-52(44(7)8)36-64(70)48(15)16/h17-48H,1-16H3. The zero-order valence-electron chi connectivity index (χ0n) is 49.2. The van der Waals surface area contributed by atoms with Gasteiger partial charge in [0.25, 0.3) is 0 Å². The highest BCUT2D eigenvalue weighted by molar-refractivity contribution is 6.21. The van der Waals surface area contributed by atoms with E-state index in [1.807, 2.05) is 0 Å². The Balaban J connectivity index is 1.05. The normalized spacial score (nSPS) is 12.5. The Hall–Kier alpha value is -7.30. The summed E-state index contributed by atoms with van der Waals surface area (Å²) in [5, 5.41) is 8.87. The first-order chi connectivity index (χ1) is 37.3. The summed E-state index contributed by atoms with van der Waals surface area (Å²) in [5.74, 6) is 3.08. The number of furan rings is 2. The quantitative estimate of drug-likeness (QED) is 0.109. The minimum Gasteiger partial charge on any atom is -0.452 e. The predicted octanol–water partition coefficient (Wildman–Crippen LogP) is 23.7. The van der Waals surface area contributed by atoms with Gasteiger partial charge in [-0.25, -0.2) is 0 Å². The van der Waals surface area contributed by atoms with Gasteiger partial charge >= 0.3 is 0 Å². The largest absolute Gasteiger partial charge is 0.452 e. The fourth-order valence-corrected chi connectivity index (χ4v) is 12.0. The average Bonchev–Trinajstić information content (AvgIpc) is 4.20. The van der Waals surface area contributed by atoms with Gasteiger partial charge in [0.05, 0.1) is 0 Å². The topological polar surface area (TPSA) is 32.8 Å². The lowest BCUT2D eigenvalue weighted by atomic mass is 9.91. The molecule has 0 fully saturated rings. The van der Waals surface area contributed by atoms with Gasteiger partial charge in [0.2, 0.25) is 0 Å². The summed E-state index contributed by atoms with van der Waals surface area (Å²) in [4.78, 5) is 5.03. The molecular weight excluding hydrogens is 949 g/mol. The van der Waals surface area contributed by atoms with E-state index in [1.165, 1.54) is 78.0 Å². The number of hydrogen-bond donors (Lipinski definition) is 0. The van der Waals surface area contributed by atoms with Crippen LogP contribution in [0.3, 0.4) is 0 Å². The Bertz CT molecular complexity index is 3690. The number of benzene rings is 9. The first kappa shape index (κ1) is 52.7. The lowest BCUT2D eigenvalue weighted by molar-refractivity contribution is 0.634. The van der Waals surface area contributed by atoms with Gasteiger partial charge in [0.15, 0.2) is 11.2 Å². The molecule has 0 unspecified atom stereocenters. The highest BCUT2D eigenvalue weighted by Crippen LogP contribution is 2.49. The van der Waals surface area contributed by atoms with E-state index in [0.717, 1.165) is 66.0 Å². The molecule has 0 saturated carbocycles. The van der Waals surface area contributed by atoms with Crippen LogP contribution in [0.25, 0.3) is 65.4 Å². The van der Waals surface area contributed by atoms with Gasteiger partial charge in [0.1, 0.15) is 11.2 Å². The van der Waals surface area contributed by atoms with Crippen molar-refractivity contribution < 1.29 is 8.83 Å². The summed E-state index contributed by atoms with van der Waals surface area (Å²) >= 11 is 0. The van der Waals surface area contributed by atoms with E-state index in [-0.39, 0.29) is 0 Å². The molecule has 11 aromatic rings. The molecule has 0 aliphatic carbocycles. The van der Waals surface area contributed by atoms with Crippen LogP contribution in [0.1, 0.15) is 203 Å². The van der Waals surface area contributed by atoms with Crippen LogP contribution in [0, 0.1) is 0 Å². The number of nitrogens with zero attached hydrogens (tertiary/aromatic N) is 2. The Morgan fingerprint density at radius 3 is 0.821 bits per heavy atom. The maximum atomic E-state index is 6.98. The SMILES string of the molecule is CC(C)c1ccc(N(c2ccc3cc4c(cc3c2)oc2c4ccc3c4cc5ccc(N(c6ccc(C(C)C)cc6C(C)C)c6ccc(C(C)C)cc6C(C)C)cc5cc4oc32)c2ccc(C(C)C)cc2C(C)C)c(C(C)C)c1. The van der Waals surface area contributed by atoms with Crippen LogP contribution in [0.5, 0.6) is 0 Å². The highest BCUT2D eigenvalue weighted by atomic mass is 16.4. The summed E-state index contributed by atoms with van der Waals surface area (Å²) in [6.07, 6.45) is 0. The first-order valence-corrected chi connectivity index (χ1v) is 29.1. The fraction of sp³-hybridized carbons (Fsp3) is 0.324. The van der Waals surface area contributed by atoms with Crippen LogP contribution in [-0.2, 0) is 0 Å². The monoisotopic (exact) mass is 1030 g/mol. The lowest BCUT2D eigenvalue weighted by Gasteiger charge is -2.32. The van der Waals surface area contributed by atoms with Crippen molar-refractivity contribution in [2.24, 2.45) is 0 Å². The number of fused-ring (bicyclic) bond motifs is 9. The Labute approximate surface area is 464 Å². The van der Waals surface area contributed by atoms with Crippen molar-refractivity contribution in [2.75, 3.05) is 9.80 Å². The lowest BCUT2D eigenvalue weighted by Crippen LogP contribution is -2.16. The van der Waals surface area contributed by atoms with Crippen molar-refractivity contribution >= 4 is 99.5 Å². The van der Waals surface area contributed by atoms with E-state index in [9.17, 15) is 0 Å². The molecule has 2 aromatic heterocycles. The number of rotatable bonds is 14. The molecule has 4 nitrogen and oxygen atoms in total. The third-order valence-electron chi connectivity index (χ3n) is 16.8. The van der Waals surface area contributed by atoms with E-state index in [1.54, 1.807) is 0 Å². The van der Waals surface area contributed by atoms with Crippen LogP contribution in [0.4, 0.5) is 34.1 Å². The minimum atomic E-state index is 0.331. The van der Waals surface area contributed by atoms with Crippen LogP contribution in [0.15, 0.2) is 154 Å². The van der Waals surface area contributed by atoms with E-state index in [0.29, 0.717) is 47.3 Å². The molecule has 78 heavy (non-hydrogen) atoms. The zero-order valence-corrected chi connectivity index (χ0v) is 49.2. The minimum absolute atomic E-state index is 0.331. The average molecular weight is 1030 g/mol. The van der Waals surface area contributed by atoms with Crippen molar-refractivity contribution in [1.29, 1.82) is 0 Å². The second-order valence-corrected chi connectivity index (χ2v) is 25.0. The molecule has 0 atom stereocenters. The molecule has 0 radical (unpaired) electrons. The van der Waals surface area contributed by atoms with E-state index in [2.05, 4.69) is 266 Å². The maximum Gasteiger partial charge on any atom is 0.178 e. The maximum absolute atomic E-state index is 6.98. The Morgan fingerprint density at radius 1 is 0.256 bits per heavy atom. The molecule has 0 amide bonds. The molecule has 398 valence electrons. The molecule has 0 spiro atoms. The van der Waals surface area contributed by atoms with E-state index >= 15 is 0 Å². The van der Waals surface area contributed by atoms with E-state index < -0.39 is 0 Å². The summed E-state index contributed by atoms with van der Waals surface area (Å²) < 4.78 is 14.0. The smallest absolute Gasteiger partial charge is 0.178 e. The van der Waals surface area contributed by atoms with Crippen LogP contribution in [-0.4, -0.2) is 0 Å². The molecule has 0 aliphatic heterocycles. The molecule has 0 saturated heterocycles. The third kappa shape index (κ3) is 9.33. The zero-order chi connectivity index (χ0) is 55.2. The Kier molecular flexibility index (Phi) is 13.9. The predicted molar refractivity (Wildman–Crippen MR) is 338 cm³/mol. The van der Waals surface area contributed by atoms with Gasteiger partial charge in [-0.2, -0.15) is 0 Å². The van der Waals surface area contributed by atoms with Crippen molar-refractivity contribution in [3.05, 3.63) is 190 Å². The molecule has 11 rings (SSSR count). The summed E-state index contributed by atoms with van der Waals surface area (Å²) in [7, 11) is 0. The third-order valence-corrected chi connectivity index (χ3v) is 16.8. The van der Waals surface area contributed by atoms with Crippen molar-refractivity contribution in [3.8, 4) is 0 Å². The van der Waals surface area contributed by atoms with Gasteiger partial charge in [0, 0.05) is 55.7 Å². The molecule has 9 aromatic carbocycles. The van der Waals surface area contributed by atoms with Gasteiger partial charge in [-0.3, -0.25) is 0 Å². The molecule has 2 heterocycles. The van der Waals surface area contributed by atoms with Crippen molar-refractivity contribution in [1.82, 2.24) is 0 Å². The van der Waals surface area contributed by atoms with Gasteiger partial charge < -0.3 is 18.6 Å². The fourth-order valence-electron chi connectivity index (χ4n) is 12.0. The van der Waals surface area contributed by atoms with Crippen LogP contribution >= 0.6 is 0 Å². The van der Waals surface area contributed by atoms with Crippen molar-refractivity contribution in [3.63, 3.8) is 0 Å². The molecule has 4 heteroatoms. The second kappa shape index (κ2) is 20.5. The molecule has 0 bridgehead atoms. The van der Waals surface area contributed by atoms with E-state index in [4.69, 9.17) is 8.83 Å². The first-order valence-electron chi connectivity index (χ1n) is 29.1. The summed E-state index contributed by atoms with van der Waals surface area (Å²) in [5.41, 5.74) is 21.3. The molecular formula is C74H80N2O2. The Morgan fingerprint density at radius 2 is 0.551 bits per heavy atom.